The van der Waals surface area contributed by atoms with Crippen LogP contribution in [0.1, 0.15) is 125 Å². The van der Waals surface area contributed by atoms with E-state index in [1.165, 1.54) is 6.92 Å². The van der Waals surface area contributed by atoms with Gasteiger partial charge in [0.05, 0.1) is 12.6 Å². The van der Waals surface area contributed by atoms with Gasteiger partial charge in [0.15, 0.2) is 6.04 Å². The third-order valence-corrected chi connectivity index (χ3v) is 18.0. The van der Waals surface area contributed by atoms with Crippen LogP contribution in [0.25, 0.3) is 21.8 Å². The number of aliphatic hydroxyl groups is 2. The maximum atomic E-state index is 14.7. The molecular weight excluding hydrogens is 1480 g/mol. The fourth-order valence-electron chi connectivity index (χ4n) is 11.5. The molecule has 22 N–H and O–H groups in total. The highest BCUT2D eigenvalue weighted by Crippen LogP contribution is 2.22. The fourth-order valence-corrected chi connectivity index (χ4v) is 12.0. The molecule has 13 atom stereocenters. The number of aliphatic carboxylic acids is 3. The Morgan fingerprint density at radius 2 is 0.909 bits per heavy atom. The number of benzene rings is 2. The number of carbonyl (C=O) groups excluding carboxylic acids is 13. The number of para-hydroxylation sites is 2. The Morgan fingerprint density at radius 3 is 1.37 bits per heavy atom. The lowest BCUT2D eigenvalue weighted by molar-refractivity contribution is -0.159. The maximum Gasteiger partial charge on any atom is 0.328 e. The minimum atomic E-state index is -3.00. The third kappa shape index (κ3) is 29.2. The van der Waals surface area contributed by atoms with E-state index in [4.69, 9.17) is 5.73 Å². The van der Waals surface area contributed by atoms with Gasteiger partial charge in [-0.05, 0) is 99.9 Å². The van der Waals surface area contributed by atoms with E-state index < -0.39 is 210 Å². The average molecular weight is 1580 g/mol. The average Bonchev–Trinajstić information content (AvgIpc) is 1.61. The van der Waals surface area contributed by atoms with Crippen LogP contribution < -0.4 is 74.9 Å². The number of aromatic amines is 2. The molecule has 0 saturated carbocycles. The number of aliphatic hydroxyl groups excluding tert-OH is 1. The highest BCUT2D eigenvalue weighted by Gasteiger charge is 2.43. The number of fused-ring (bicyclic) bond motifs is 2. The molecule has 37 nitrogen and oxygen atoms in total. The monoisotopic (exact) mass is 1580 g/mol. The minimum absolute atomic E-state index is 0.0496. The van der Waals surface area contributed by atoms with Gasteiger partial charge in [-0.1, -0.05) is 77.9 Å². The molecule has 39 heteroatoms. The highest BCUT2D eigenvalue weighted by molar-refractivity contribution is 7.80. The SMILES string of the molecule is CC(=O)NC(O)(CC(=O)O)C(=O)N[C@@H](CS)C(=O)N[C@@H](C)C(=O)N[C@@H](Cc1c[nH]c2ccccc12)C(=O)N[C@@H](CCCCN)C(=O)N[C@@H](CC(C)C)C(=O)NCC(=O)N[C@@H](CCC(=O)O)C(=O)N[C@@H](CC(C)C)C(=O)N[C@H](C(=O)N[C@@H](Cc1c[nH]c2ccccc12)C(=O)N[C@@H](CS)C(=O)N[C@H](C(=O)O)[C@@H](C)O)C(C)C. The van der Waals surface area contributed by atoms with Gasteiger partial charge >= 0.3 is 17.9 Å². The van der Waals surface area contributed by atoms with Crippen LogP contribution in [0.5, 0.6) is 0 Å². The van der Waals surface area contributed by atoms with Crippen LogP contribution in [0.15, 0.2) is 60.9 Å². The molecule has 0 saturated heterocycles. The van der Waals surface area contributed by atoms with E-state index in [-0.39, 0.29) is 62.7 Å². The normalized spacial score (nSPS) is 15.2. The number of thiol groups is 2. The fraction of sp³-hybridized carbons (Fsp3) is 0.549. The van der Waals surface area contributed by atoms with E-state index in [1.807, 2.05) is 5.32 Å². The number of aromatic nitrogens is 2. The topological polar surface area (TPSA) is 588 Å². The third-order valence-electron chi connectivity index (χ3n) is 17.3. The number of rotatable bonds is 47. The Balaban J connectivity index is 1.54. The van der Waals surface area contributed by atoms with Crippen LogP contribution in [-0.2, 0) is 89.6 Å². The minimum Gasteiger partial charge on any atom is -0.481 e. The van der Waals surface area contributed by atoms with Gasteiger partial charge in [0.25, 0.3) is 5.91 Å². The first kappa shape index (κ1) is 92.0. The van der Waals surface area contributed by atoms with E-state index in [0.717, 1.165) is 13.8 Å². The molecule has 13 amide bonds. The van der Waals surface area contributed by atoms with Gasteiger partial charge in [0, 0.05) is 71.9 Å². The van der Waals surface area contributed by atoms with E-state index in [2.05, 4.69) is 99.0 Å². The summed E-state index contributed by atoms with van der Waals surface area (Å²) in [6.45, 7) is 12.6. The quantitative estimate of drug-likeness (QED) is 0.0121. The number of H-pyrrole nitrogens is 2. The lowest BCUT2D eigenvalue weighted by Crippen LogP contribution is -2.63. The lowest BCUT2D eigenvalue weighted by atomic mass is 9.98. The van der Waals surface area contributed by atoms with Crippen molar-refractivity contribution < 1.29 is 102 Å². The summed E-state index contributed by atoms with van der Waals surface area (Å²) in [6.07, 6.45) is -0.849. The molecule has 2 aromatic carbocycles. The summed E-state index contributed by atoms with van der Waals surface area (Å²) in [5.74, 6) is -19.8. The van der Waals surface area contributed by atoms with Gasteiger partial charge < -0.3 is 110 Å². The Hall–Kier alpha value is -10.4. The Bertz CT molecular complexity index is 3910. The van der Waals surface area contributed by atoms with Crippen molar-refractivity contribution in [1.29, 1.82) is 0 Å². The van der Waals surface area contributed by atoms with Gasteiger partial charge in [-0.15, -0.1) is 0 Å². The molecule has 0 aliphatic heterocycles. The largest absolute Gasteiger partial charge is 0.481 e. The first-order chi connectivity index (χ1) is 51.7. The van der Waals surface area contributed by atoms with Crippen molar-refractivity contribution in [3.63, 3.8) is 0 Å². The second-order valence-corrected chi connectivity index (χ2v) is 28.6. The molecule has 0 bridgehead atoms. The Kier molecular flexibility index (Phi) is 37.1. The summed E-state index contributed by atoms with van der Waals surface area (Å²) in [5, 5.41) is 82.3. The zero-order valence-corrected chi connectivity index (χ0v) is 64.4. The molecule has 606 valence electrons. The maximum absolute atomic E-state index is 14.7. The van der Waals surface area contributed by atoms with Crippen LogP contribution >= 0.6 is 25.3 Å². The molecule has 0 aliphatic carbocycles. The van der Waals surface area contributed by atoms with Crippen molar-refractivity contribution in [2.24, 2.45) is 23.5 Å². The van der Waals surface area contributed by atoms with E-state index in [1.54, 1.807) is 102 Å². The highest BCUT2D eigenvalue weighted by atomic mass is 32.1. The standard InChI is InChI=1S/C71H104N16O21S2/c1-34(2)24-48(80-61(97)46(20-14-15-23-72)78-63(99)50(26-40-29-73-44-18-12-10-16-42(40)44)79-59(95)37(7)76-66(102)53(33-110)84-70(107)71(108,28-56(93)94)87-39(9)89)60(96)75-31-54(90)77-47(21-22-55(91)92)62(98)81-49(25-35(3)4)65(101)85-57(36(5)6)68(104)82-51(27-41-30-74-45-19-13-11-17-43(41)45)64(100)83-52(32-109)67(103)86-58(38(8)88)69(105)106/h10-13,16-19,29-30,34-38,46-53,57-58,73-74,88,108-110H,14-15,20-28,31-33,72H2,1-9H3,(H,75,96)(H,76,102)(H,77,90)(H,78,99)(H,79,95)(H,80,97)(H,81,98)(H,82,104)(H,83,100)(H,84,107)(H,85,101)(H,86,103)(H,87,89)(H,91,92)(H,93,94)(H,105,106)/t37-,38+,46-,47-,48-,49-,50-,51-,52-,53-,57-,58-,71?/m0/s1. The van der Waals surface area contributed by atoms with Gasteiger partial charge in [-0.3, -0.25) is 71.9 Å². The van der Waals surface area contributed by atoms with Crippen molar-refractivity contribution in [3.8, 4) is 0 Å². The van der Waals surface area contributed by atoms with Crippen LogP contribution in [0.2, 0.25) is 0 Å². The van der Waals surface area contributed by atoms with E-state index >= 15 is 0 Å². The first-order valence-corrected chi connectivity index (χ1v) is 37.0. The lowest BCUT2D eigenvalue weighted by Gasteiger charge is -2.29. The van der Waals surface area contributed by atoms with Gasteiger partial charge in [-0.25, -0.2) is 4.79 Å². The van der Waals surface area contributed by atoms with Crippen molar-refractivity contribution in [3.05, 3.63) is 72.1 Å². The zero-order valence-electron chi connectivity index (χ0n) is 62.6. The first-order valence-electron chi connectivity index (χ1n) is 35.7. The summed E-state index contributed by atoms with van der Waals surface area (Å²) in [4.78, 5) is 222. The van der Waals surface area contributed by atoms with Crippen molar-refractivity contribution in [2.45, 2.75) is 205 Å². The van der Waals surface area contributed by atoms with Crippen molar-refractivity contribution in [2.75, 3.05) is 24.6 Å². The predicted molar refractivity (Wildman–Crippen MR) is 405 cm³/mol. The molecule has 0 aliphatic rings. The van der Waals surface area contributed by atoms with Gasteiger partial charge in [0.2, 0.25) is 76.6 Å². The summed E-state index contributed by atoms with van der Waals surface area (Å²) in [5.41, 5.74) is 5.23. The van der Waals surface area contributed by atoms with Crippen LogP contribution in [0.4, 0.5) is 0 Å². The smallest absolute Gasteiger partial charge is 0.328 e. The molecule has 0 fully saturated rings. The zero-order chi connectivity index (χ0) is 82.4. The predicted octanol–water partition coefficient (Wildman–Crippen LogP) is -2.73. The van der Waals surface area contributed by atoms with Crippen molar-refractivity contribution >= 4 is 142 Å². The van der Waals surface area contributed by atoms with Crippen LogP contribution in [-0.4, -0.2) is 233 Å². The number of nitrogens with one attached hydrogen (secondary N) is 15. The molecule has 2 heterocycles. The molecule has 4 rings (SSSR count). The number of hydrogen-bond acceptors (Lipinski definition) is 21. The van der Waals surface area contributed by atoms with Gasteiger partial charge in [0.1, 0.15) is 66.8 Å². The number of unbranched alkanes of at least 4 members (excludes halogenated alkanes) is 1. The molecule has 0 radical (unpaired) electrons. The number of carboxylic acids is 3. The van der Waals surface area contributed by atoms with Crippen LogP contribution in [0.3, 0.4) is 0 Å². The van der Waals surface area contributed by atoms with Crippen molar-refractivity contribution in [1.82, 2.24) is 79.1 Å². The summed E-state index contributed by atoms with van der Waals surface area (Å²) in [6, 6.07) is -2.68. The second-order valence-electron chi connectivity index (χ2n) is 27.8. The molecule has 4 aromatic rings. The molecule has 110 heavy (non-hydrogen) atoms. The van der Waals surface area contributed by atoms with E-state index in [9.17, 15) is 102 Å². The molecule has 1 unspecified atom stereocenters. The Labute approximate surface area is 645 Å². The number of carboxylic acid groups (broad SMARTS) is 3. The number of hydrogen-bond donors (Lipinski definition) is 23. The second kappa shape index (κ2) is 44.3. The number of amides is 13. The van der Waals surface area contributed by atoms with Gasteiger partial charge in [-0.2, -0.15) is 25.3 Å². The summed E-state index contributed by atoms with van der Waals surface area (Å²) < 4.78 is 0. The number of nitrogens with two attached hydrogens (primary N) is 1. The molecule has 2 aromatic heterocycles. The summed E-state index contributed by atoms with van der Waals surface area (Å²) in [7, 11) is 0. The molecule has 0 spiro atoms. The number of carbonyl (C=O) groups is 16. The van der Waals surface area contributed by atoms with E-state index in [0.29, 0.717) is 39.4 Å². The summed E-state index contributed by atoms with van der Waals surface area (Å²) >= 11 is 8.26. The van der Waals surface area contributed by atoms with Crippen LogP contribution in [0, 0.1) is 17.8 Å². The molecular formula is C71H104N16O21S2. The Morgan fingerprint density at radius 1 is 0.482 bits per heavy atom.